The van der Waals surface area contributed by atoms with E-state index in [4.69, 9.17) is 4.74 Å². The smallest absolute Gasteiger partial charge is 0.419 e. The lowest BCUT2D eigenvalue weighted by atomic mass is 10.1. The predicted molar refractivity (Wildman–Crippen MR) is 94.3 cm³/mol. The average Bonchev–Trinajstić information content (AvgIpc) is 3.23. The van der Waals surface area contributed by atoms with Crippen LogP contribution >= 0.6 is 0 Å². The van der Waals surface area contributed by atoms with Crippen LogP contribution in [0.15, 0.2) is 48.8 Å². The van der Waals surface area contributed by atoms with Gasteiger partial charge in [-0.3, -0.25) is 0 Å². The molecule has 146 valence electrons. The third-order valence-corrected chi connectivity index (χ3v) is 4.51. The Balaban J connectivity index is 1.38. The first-order valence-corrected chi connectivity index (χ1v) is 8.79. The fraction of sp³-hybridized carbons (Fsp3) is 0.333. The molecule has 4 rings (SSSR count). The average molecular weight is 390 g/mol. The number of piperidine rings is 1. The van der Waals surface area contributed by atoms with E-state index in [2.05, 4.69) is 20.4 Å². The van der Waals surface area contributed by atoms with Crippen LogP contribution in [0, 0.1) is 0 Å². The summed E-state index contributed by atoms with van der Waals surface area (Å²) in [5, 5.41) is 16.3. The standard InChI is InChI=1S/C18H17F3N6O/c19-18(20,21)14-3-1-2-4-15(14)28-13-7-11-26(12-8-13)16-5-6-17(25-24-16)27-22-9-10-23-27/h1-6,9-10,13H,7-8,11-12H2. The third-order valence-electron chi connectivity index (χ3n) is 4.51. The summed E-state index contributed by atoms with van der Waals surface area (Å²) >= 11 is 0. The lowest BCUT2D eigenvalue weighted by Gasteiger charge is -2.33. The van der Waals surface area contributed by atoms with E-state index in [1.54, 1.807) is 24.5 Å². The van der Waals surface area contributed by atoms with Gasteiger partial charge in [0.2, 0.25) is 0 Å². The summed E-state index contributed by atoms with van der Waals surface area (Å²) in [5.41, 5.74) is -0.744. The zero-order chi connectivity index (χ0) is 19.6. The van der Waals surface area contributed by atoms with Crippen LogP contribution in [0.3, 0.4) is 0 Å². The molecule has 0 aliphatic carbocycles. The predicted octanol–water partition coefficient (Wildman–Crippen LogP) is 3.12. The van der Waals surface area contributed by atoms with Crippen molar-refractivity contribution in [3.05, 3.63) is 54.4 Å². The van der Waals surface area contributed by atoms with Crippen molar-refractivity contribution >= 4 is 5.82 Å². The number of para-hydroxylation sites is 1. The molecule has 10 heteroatoms. The number of hydrogen-bond donors (Lipinski definition) is 0. The summed E-state index contributed by atoms with van der Waals surface area (Å²) in [6.45, 7) is 1.24. The van der Waals surface area contributed by atoms with Gasteiger partial charge in [0.15, 0.2) is 11.6 Å². The highest BCUT2D eigenvalue weighted by Gasteiger charge is 2.35. The van der Waals surface area contributed by atoms with Gasteiger partial charge >= 0.3 is 6.18 Å². The molecule has 1 aromatic carbocycles. The SMILES string of the molecule is FC(F)(F)c1ccccc1OC1CCN(c2ccc(-n3nccn3)nn2)CC1. The van der Waals surface area contributed by atoms with E-state index in [0.717, 1.165) is 6.07 Å². The Hall–Kier alpha value is -3.17. The number of rotatable bonds is 4. The maximum absolute atomic E-state index is 13.1. The molecule has 0 radical (unpaired) electrons. The fourth-order valence-corrected chi connectivity index (χ4v) is 3.11. The summed E-state index contributed by atoms with van der Waals surface area (Å²) in [5.74, 6) is 1.09. The molecule has 7 nitrogen and oxygen atoms in total. The molecule has 0 N–H and O–H groups in total. The number of hydrogen-bond acceptors (Lipinski definition) is 6. The highest BCUT2D eigenvalue weighted by molar-refractivity contribution is 5.40. The Kier molecular flexibility index (Phi) is 4.84. The van der Waals surface area contributed by atoms with Crippen LogP contribution < -0.4 is 9.64 Å². The normalized spacial score (nSPS) is 15.6. The zero-order valence-corrected chi connectivity index (χ0v) is 14.8. The molecule has 0 bridgehead atoms. The Morgan fingerprint density at radius 2 is 1.54 bits per heavy atom. The van der Waals surface area contributed by atoms with Crippen molar-refractivity contribution in [2.75, 3.05) is 18.0 Å². The summed E-state index contributed by atoms with van der Waals surface area (Å²) in [7, 11) is 0. The van der Waals surface area contributed by atoms with E-state index in [-0.39, 0.29) is 11.9 Å². The first kappa shape index (κ1) is 18.2. The summed E-state index contributed by atoms with van der Waals surface area (Å²) < 4.78 is 45.0. The van der Waals surface area contributed by atoms with Gasteiger partial charge in [-0.15, -0.1) is 15.0 Å². The van der Waals surface area contributed by atoms with Crippen molar-refractivity contribution < 1.29 is 17.9 Å². The Morgan fingerprint density at radius 3 is 2.18 bits per heavy atom. The van der Waals surface area contributed by atoms with Crippen LogP contribution in [0.2, 0.25) is 0 Å². The second-order valence-corrected chi connectivity index (χ2v) is 6.37. The molecular weight excluding hydrogens is 373 g/mol. The molecule has 0 saturated carbocycles. The molecule has 3 aromatic rings. The van der Waals surface area contributed by atoms with Crippen LogP contribution in [-0.4, -0.2) is 44.4 Å². The van der Waals surface area contributed by atoms with E-state index in [1.165, 1.54) is 16.9 Å². The molecule has 1 saturated heterocycles. The van der Waals surface area contributed by atoms with Crippen LogP contribution in [0.1, 0.15) is 18.4 Å². The van der Waals surface area contributed by atoms with E-state index >= 15 is 0 Å². The van der Waals surface area contributed by atoms with Gasteiger partial charge in [-0.1, -0.05) is 12.1 Å². The second-order valence-electron chi connectivity index (χ2n) is 6.37. The topological polar surface area (TPSA) is 69.0 Å². The van der Waals surface area contributed by atoms with E-state index in [1.807, 2.05) is 11.0 Å². The van der Waals surface area contributed by atoms with E-state index in [9.17, 15) is 13.2 Å². The molecule has 1 aliphatic rings. The summed E-state index contributed by atoms with van der Waals surface area (Å²) in [4.78, 5) is 3.40. The molecule has 1 aliphatic heterocycles. The number of anilines is 1. The molecule has 0 atom stereocenters. The van der Waals surface area contributed by atoms with Crippen molar-refractivity contribution in [1.82, 2.24) is 25.2 Å². The molecule has 0 spiro atoms. The third kappa shape index (κ3) is 3.90. The van der Waals surface area contributed by atoms with Crippen LogP contribution in [0.25, 0.3) is 5.82 Å². The Labute approximate surface area is 158 Å². The van der Waals surface area contributed by atoms with Gasteiger partial charge in [-0.2, -0.15) is 23.4 Å². The van der Waals surface area contributed by atoms with Gasteiger partial charge in [-0.25, -0.2) is 0 Å². The molecule has 1 fully saturated rings. The Bertz CT molecular complexity index is 906. The highest BCUT2D eigenvalue weighted by Crippen LogP contribution is 2.37. The second kappa shape index (κ2) is 7.45. The van der Waals surface area contributed by atoms with E-state index in [0.29, 0.717) is 37.6 Å². The van der Waals surface area contributed by atoms with E-state index < -0.39 is 11.7 Å². The number of halogens is 3. The largest absolute Gasteiger partial charge is 0.490 e. The lowest BCUT2D eigenvalue weighted by Crippen LogP contribution is -2.39. The summed E-state index contributed by atoms with van der Waals surface area (Å²) in [6.07, 6.45) is -0.417. The maximum atomic E-state index is 13.1. The van der Waals surface area contributed by atoms with Crippen molar-refractivity contribution in [1.29, 1.82) is 0 Å². The zero-order valence-electron chi connectivity index (χ0n) is 14.8. The maximum Gasteiger partial charge on any atom is 0.419 e. The van der Waals surface area contributed by atoms with Crippen LogP contribution in [0.5, 0.6) is 5.75 Å². The molecule has 2 aromatic heterocycles. The minimum atomic E-state index is -4.43. The van der Waals surface area contributed by atoms with Crippen LogP contribution in [0.4, 0.5) is 19.0 Å². The molecule has 0 unspecified atom stereocenters. The van der Waals surface area contributed by atoms with Gasteiger partial charge in [0, 0.05) is 25.9 Å². The summed E-state index contributed by atoms with van der Waals surface area (Å²) in [6, 6.07) is 8.90. The number of alkyl halides is 3. The minimum Gasteiger partial charge on any atom is -0.490 e. The fourth-order valence-electron chi connectivity index (χ4n) is 3.11. The van der Waals surface area contributed by atoms with Gasteiger partial charge < -0.3 is 9.64 Å². The van der Waals surface area contributed by atoms with Gasteiger partial charge in [0.1, 0.15) is 11.9 Å². The van der Waals surface area contributed by atoms with Crippen molar-refractivity contribution in [2.24, 2.45) is 0 Å². The number of benzene rings is 1. The van der Waals surface area contributed by atoms with Crippen LogP contribution in [-0.2, 0) is 6.18 Å². The molecule has 0 amide bonds. The minimum absolute atomic E-state index is 0.121. The molecular formula is C18H17F3N6O. The number of nitrogens with zero attached hydrogens (tertiary/aromatic N) is 6. The molecule has 28 heavy (non-hydrogen) atoms. The van der Waals surface area contributed by atoms with Gasteiger partial charge in [-0.05, 0) is 24.3 Å². The van der Waals surface area contributed by atoms with Gasteiger partial charge in [0.05, 0.1) is 18.0 Å². The quantitative estimate of drug-likeness (QED) is 0.682. The van der Waals surface area contributed by atoms with Crippen molar-refractivity contribution in [2.45, 2.75) is 25.1 Å². The monoisotopic (exact) mass is 390 g/mol. The van der Waals surface area contributed by atoms with Gasteiger partial charge in [0.25, 0.3) is 0 Å². The lowest BCUT2D eigenvalue weighted by molar-refractivity contribution is -0.139. The number of ether oxygens (including phenoxy) is 1. The molecule has 3 heterocycles. The van der Waals surface area contributed by atoms with Crippen molar-refractivity contribution in [3.63, 3.8) is 0 Å². The first-order chi connectivity index (χ1) is 13.5. The number of aromatic nitrogens is 5. The highest BCUT2D eigenvalue weighted by atomic mass is 19.4. The Morgan fingerprint density at radius 1 is 0.893 bits per heavy atom. The first-order valence-electron chi connectivity index (χ1n) is 8.79. The van der Waals surface area contributed by atoms with Crippen molar-refractivity contribution in [3.8, 4) is 11.6 Å².